The van der Waals surface area contributed by atoms with Crippen molar-refractivity contribution in [2.24, 2.45) is 5.73 Å². The van der Waals surface area contributed by atoms with Crippen LogP contribution in [0.2, 0.25) is 0 Å². The average molecular weight is 490 g/mol. The van der Waals surface area contributed by atoms with E-state index in [1.807, 2.05) is 28.8 Å². The molecule has 1 saturated heterocycles. The minimum Gasteiger partial charge on any atom is -0.364 e. The van der Waals surface area contributed by atoms with E-state index in [1.54, 1.807) is 0 Å². The van der Waals surface area contributed by atoms with Gasteiger partial charge in [-0.3, -0.25) is 19.1 Å². The van der Waals surface area contributed by atoms with E-state index in [2.05, 4.69) is 54.8 Å². The van der Waals surface area contributed by atoms with Crippen LogP contribution in [0.3, 0.4) is 0 Å². The molecule has 1 fully saturated rings. The first kappa shape index (κ1) is 24.7. The second-order valence-electron chi connectivity index (χ2n) is 10.8. The standard InChI is InChI=1S/C28H39N7O/c1-19(2)34(23-10-5-8-20-9-7-15-30-26(20)23)18-22-27(28(29)36)35-24(31-22)11-6-12-25(35)33-16-13-21(14-17-33)32(3)4/h6-7,9,11-12,15,19,21,23H,5,8,10,13-14,16-18H2,1-4H3,(H2,29,36)/t23-/m0/s1. The minimum absolute atomic E-state index is 0.199. The quantitative estimate of drug-likeness (QED) is 0.546. The molecule has 8 heteroatoms. The first-order chi connectivity index (χ1) is 17.3. The van der Waals surface area contributed by atoms with E-state index in [-0.39, 0.29) is 12.1 Å². The van der Waals surface area contributed by atoms with Gasteiger partial charge in [-0.05, 0) is 83.8 Å². The summed E-state index contributed by atoms with van der Waals surface area (Å²) in [5, 5.41) is 0. The van der Waals surface area contributed by atoms with Crippen LogP contribution < -0.4 is 10.6 Å². The number of hydrogen-bond donors (Lipinski definition) is 1. The normalized spacial score (nSPS) is 19.0. The van der Waals surface area contributed by atoms with Gasteiger partial charge in [0.2, 0.25) is 0 Å². The molecule has 0 unspecified atom stereocenters. The highest BCUT2D eigenvalue weighted by atomic mass is 16.1. The summed E-state index contributed by atoms with van der Waals surface area (Å²) >= 11 is 0. The van der Waals surface area contributed by atoms with Crippen molar-refractivity contribution in [3.05, 3.63) is 59.2 Å². The van der Waals surface area contributed by atoms with Crippen LogP contribution in [0, 0.1) is 0 Å². The van der Waals surface area contributed by atoms with Gasteiger partial charge >= 0.3 is 0 Å². The van der Waals surface area contributed by atoms with Crippen LogP contribution in [0.5, 0.6) is 0 Å². The van der Waals surface area contributed by atoms with E-state index < -0.39 is 5.91 Å². The predicted molar refractivity (Wildman–Crippen MR) is 143 cm³/mol. The maximum Gasteiger partial charge on any atom is 0.267 e. The number of anilines is 1. The first-order valence-corrected chi connectivity index (χ1v) is 13.3. The summed E-state index contributed by atoms with van der Waals surface area (Å²) in [7, 11) is 4.30. The third-order valence-electron chi connectivity index (χ3n) is 8.01. The SMILES string of the molecule is CC(C)N(Cc1nc2cccc(N3CCC(N(C)C)CC3)n2c1C(N)=O)[C@H]1CCCc2cccnc21. The lowest BCUT2D eigenvalue weighted by atomic mass is 9.90. The molecule has 192 valence electrons. The van der Waals surface area contributed by atoms with Crippen molar-refractivity contribution >= 4 is 17.4 Å². The summed E-state index contributed by atoms with van der Waals surface area (Å²) in [4.78, 5) is 29.8. The zero-order valence-corrected chi connectivity index (χ0v) is 22.0. The lowest BCUT2D eigenvalue weighted by molar-refractivity contribution is 0.0984. The van der Waals surface area contributed by atoms with Gasteiger partial charge in [0.1, 0.15) is 17.2 Å². The van der Waals surface area contributed by atoms with Crippen LogP contribution in [0.25, 0.3) is 5.65 Å². The number of fused-ring (bicyclic) bond motifs is 2. The van der Waals surface area contributed by atoms with Crippen molar-refractivity contribution in [3.8, 4) is 0 Å². The number of nitrogens with two attached hydrogens (primary N) is 1. The second-order valence-corrected chi connectivity index (χ2v) is 10.8. The number of nitrogens with zero attached hydrogens (tertiary/aromatic N) is 6. The molecule has 36 heavy (non-hydrogen) atoms. The molecule has 2 aliphatic rings. The number of hydrogen-bond acceptors (Lipinski definition) is 6. The van der Waals surface area contributed by atoms with Crippen molar-refractivity contribution in [3.63, 3.8) is 0 Å². The fourth-order valence-electron chi connectivity index (χ4n) is 6.08. The molecule has 0 saturated carbocycles. The van der Waals surface area contributed by atoms with Crippen molar-refractivity contribution in [2.75, 3.05) is 32.1 Å². The number of pyridine rings is 2. The summed E-state index contributed by atoms with van der Waals surface area (Å²) in [6.45, 7) is 6.85. The molecule has 5 rings (SSSR count). The first-order valence-electron chi connectivity index (χ1n) is 13.3. The molecular formula is C28H39N7O. The Morgan fingerprint density at radius 2 is 1.92 bits per heavy atom. The minimum atomic E-state index is -0.431. The molecule has 1 atom stereocenters. The molecule has 2 N–H and O–H groups in total. The van der Waals surface area contributed by atoms with Gasteiger partial charge in [-0.25, -0.2) is 4.98 Å². The summed E-state index contributed by atoms with van der Waals surface area (Å²) in [5.74, 6) is 0.567. The lowest BCUT2D eigenvalue weighted by Gasteiger charge is -2.37. The number of rotatable bonds is 7. The third-order valence-corrected chi connectivity index (χ3v) is 8.01. The number of aromatic nitrogens is 3. The summed E-state index contributed by atoms with van der Waals surface area (Å²) < 4.78 is 1.99. The Morgan fingerprint density at radius 1 is 1.14 bits per heavy atom. The number of imidazole rings is 1. The van der Waals surface area contributed by atoms with Crippen LogP contribution >= 0.6 is 0 Å². The topological polar surface area (TPSA) is 83.0 Å². The smallest absolute Gasteiger partial charge is 0.267 e. The highest BCUT2D eigenvalue weighted by Gasteiger charge is 2.32. The predicted octanol–water partition coefficient (Wildman–Crippen LogP) is 3.65. The maximum atomic E-state index is 12.9. The largest absolute Gasteiger partial charge is 0.364 e. The Kier molecular flexibility index (Phi) is 6.99. The highest BCUT2D eigenvalue weighted by molar-refractivity contribution is 5.94. The lowest BCUT2D eigenvalue weighted by Crippen LogP contribution is -2.42. The molecule has 4 heterocycles. The Bertz CT molecular complexity index is 1230. The van der Waals surface area contributed by atoms with E-state index in [4.69, 9.17) is 15.7 Å². The Balaban J connectivity index is 1.51. The van der Waals surface area contributed by atoms with Gasteiger partial charge < -0.3 is 15.5 Å². The van der Waals surface area contributed by atoms with Gasteiger partial charge in [-0.2, -0.15) is 0 Å². The molecule has 1 amide bonds. The molecular weight excluding hydrogens is 450 g/mol. The molecule has 1 aliphatic heterocycles. The van der Waals surface area contributed by atoms with Crippen molar-refractivity contribution in [2.45, 2.75) is 70.6 Å². The monoisotopic (exact) mass is 489 g/mol. The molecule has 0 bridgehead atoms. The zero-order chi connectivity index (χ0) is 25.4. The fraction of sp³-hybridized carbons (Fsp3) is 0.536. The summed E-state index contributed by atoms with van der Waals surface area (Å²) in [5.41, 5.74) is 10.5. The fourth-order valence-corrected chi connectivity index (χ4v) is 6.08. The van der Waals surface area contributed by atoms with Gasteiger partial charge in [-0.1, -0.05) is 12.1 Å². The Hall–Kier alpha value is -2.97. The number of piperidine rings is 1. The molecule has 3 aromatic rings. The maximum absolute atomic E-state index is 12.9. The second kappa shape index (κ2) is 10.2. The summed E-state index contributed by atoms with van der Waals surface area (Å²) in [6.07, 6.45) is 7.32. The van der Waals surface area contributed by atoms with Crippen LogP contribution in [0.4, 0.5) is 5.82 Å². The van der Waals surface area contributed by atoms with Crippen LogP contribution in [0.1, 0.15) is 73.0 Å². The number of aryl methyl sites for hydroxylation is 1. The van der Waals surface area contributed by atoms with Crippen LogP contribution in [-0.2, 0) is 13.0 Å². The highest BCUT2D eigenvalue weighted by Crippen LogP contribution is 2.35. The molecule has 0 radical (unpaired) electrons. The van der Waals surface area contributed by atoms with Crippen molar-refractivity contribution < 1.29 is 4.79 Å². The average Bonchev–Trinajstić information content (AvgIpc) is 3.25. The molecule has 0 spiro atoms. The molecule has 1 aliphatic carbocycles. The van der Waals surface area contributed by atoms with E-state index in [0.717, 1.165) is 68.0 Å². The third kappa shape index (κ3) is 4.60. The number of carbonyl (C=O) groups is 1. The Labute approximate surface area is 214 Å². The van der Waals surface area contributed by atoms with E-state index in [9.17, 15) is 4.79 Å². The van der Waals surface area contributed by atoms with Gasteiger partial charge in [0.05, 0.1) is 17.4 Å². The summed E-state index contributed by atoms with van der Waals surface area (Å²) in [6, 6.07) is 11.4. The Morgan fingerprint density at radius 3 is 2.61 bits per heavy atom. The van der Waals surface area contributed by atoms with E-state index in [1.165, 1.54) is 5.56 Å². The van der Waals surface area contributed by atoms with E-state index >= 15 is 0 Å². The number of amides is 1. The van der Waals surface area contributed by atoms with Crippen LogP contribution in [0.15, 0.2) is 36.5 Å². The van der Waals surface area contributed by atoms with Crippen molar-refractivity contribution in [1.29, 1.82) is 0 Å². The number of primary amides is 1. The number of carbonyl (C=O) groups excluding carboxylic acids is 1. The molecule has 3 aromatic heterocycles. The molecule has 8 nitrogen and oxygen atoms in total. The van der Waals surface area contributed by atoms with Gasteiger partial charge in [0.25, 0.3) is 5.91 Å². The van der Waals surface area contributed by atoms with E-state index in [0.29, 0.717) is 18.3 Å². The van der Waals surface area contributed by atoms with Gasteiger partial charge in [0.15, 0.2) is 0 Å². The van der Waals surface area contributed by atoms with Crippen molar-refractivity contribution in [1.82, 2.24) is 24.2 Å². The van der Waals surface area contributed by atoms with Gasteiger partial charge in [0, 0.05) is 37.9 Å². The zero-order valence-electron chi connectivity index (χ0n) is 22.0. The molecule has 0 aromatic carbocycles. The van der Waals surface area contributed by atoms with Gasteiger partial charge in [-0.15, -0.1) is 0 Å². The van der Waals surface area contributed by atoms with Crippen LogP contribution in [-0.4, -0.2) is 69.3 Å².